The summed E-state index contributed by atoms with van der Waals surface area (Å²) in [4.78, 5) is 2.26. The molecule has 146 valence electrons. The maximum Gasteiger partial charge on any atom is 0.416 e. The zero-order valence-electron chi connectivity index (χ0n) is 14.2. The molecule has 2 rings (SSSR count). The molecule has 0 bridgehead atoms. The van der Waals surface area contributed by atoms with Gasteiger partial charge in [-0.25, -0.2) is 0 Å². The van der Waals surface area contributed by atoms with E-state index in [-0.39, 0.29) is 30.9 Å². The van der Waals surface area contributed by atoms with Gasteiger partial charge in [-0.2, -0.15) is 13.2 Å². The van der Waals surface area contributed by atoms with Crippen molar-refractivity contribution >= 4 is 36.4 Å². The van der Waals surface area contributed by atoms with Crippen LogP contribution in [0.5, 0.6) is 0 Å². The van der Waals surface area contributed by atoms with E-state index in [0.29, 0.717) is 10.6 Å². The predicted molar refractivity (Wildman–Crippen MR) is 102 cm³/mol. The van der Waals surface area contributed by atoms with E-state index in [2.05, 4.69) is 17.1 Å². The summed E-state index contributed by atoms with van der Waals surface area (Å²) in [5.41, 5.74) is -0.00739. The van der Waals surface area contributed by atoms with E-state index in [9.17, 15) is 13.2 Å². The molecule has 1 aromatic carbocycles. The third-order valence-electron chi connectivity index (χ3n) is 4.36. The van der Waals surface area contributed by atoms with Crippen molar-refractivity contribution in [3.05, 3.63) is 34.3 Å². The second-order valence-corrected chi connectivity index (χ2v) is 6.44. The molecule has 1 aliphatic heterocycles. The summed E-state index contributed by atoms with van der Waals surface area (Å²) < 4.78 is 39.1. The summed E-state index contributed by atoms with van der Waals surface area (Å²) in [7, 11) is 0. The highest BCUT2D eigenvalue weighted by atomic mass is 35.5. The molecule has 1 aromatic rings. The summed E-state index contributed by atoms with van der Waals surface area (Å²) in [6, 6.07) is 3.64. The lowest BCUT2D eigenvalue weighted by molar-refractivity contribution is -0.137. The lowest BCUT2D eigenvalue weighted by Gasteiger charge is -2.36. The normalized spacial score (nSPS) is 16.7. The molecule has 0 saturated carbocycles. The molecule has 0 amide bonds. The van der Waals surface area contributed by atoms with Gasteiger partial charge in [-0.15, -0.1) is 24.8 Å². The third-order valence-corrected chi connectivity index (χ3v) is 4.70. The molecule has 1 heterocycles. The Bertz CT molecular complexity index is 506. The molecule has 0 aromatic heterocycles. The van der Waals surface area contributed by atoms with E-state index < -0.39 is 11.7 Å². The Morgan fingerprint density at radius 3 is 2.36 bits per heavy atom. The number of hydrogen-bond donors (Lipinski definition) is 1. The number of alkyl halides is 3. The summed E-state index contributed by atoms with van der Waals surface area (Å²) in [5.74, 6) is 0. The second-order valence-electron chi connectivity index (χ2n) is 6.03. The number of benzene rings is 1. The number of halogens is 6. The fraction of sp³-hybridized carbons (Fsp3) is 0.647. The Hall–Kier alpha value is -0.200. The van der Waals surface area contributed by atoms with Gasteiger partial charge >= 0.3 is 6.18 Å². The minimum atomic E-state index is -4.34. The Balaban J connectivity index is 0.00000288. The zero-order valence-corrected chi connectivity index (χ0v) is 16.6. The molecule has 1 aliphatic rings. The maximum absolute atomic E-state index is 13.0. The average Bonchev–Trinajstić information content (AvgIpc) is 2.52. The van der Waals surface area contributed by atoms with Crippen molar-refractivity contribution in [1.29, 1.82) is 0 Å². The molecule has 25 heavy (non-hydrogen) atoms. The number of nitrogens with zero attached hydrogens (tertiary/aromatic N) is 1. The third kappa shape index (κ3) is 7.14. The van der Waals surface area contributed by atoms with Gasteiger partial charge in [0.25, 0.3) is 0 Å². The van der Waals surface area contributed by atoms with Gasteiger partial charge in [0.2, 0.25) is 0 Å². The molecule has 0 radical (unpaired) electrons. The molecule has 0 aliphatic carbocycles. The van der Waals surface area contributed by atoms with Crippen LogP contribution in [0.2, 0.25) is 5.02 Å². The molecule has 0 spiro atoms. The number of piperazine rings is 1. The summed E-state index contributed by atoms with van der Waals surface area (Å²) in [6.07, 6.45) is -0.326. The molecule has 2 nitrogen and oxygen atoms in total. The topological polar surface area (TPSA) is 15.3 Å². The van der Waals surface area contributed by atoms with Crippen LogP contribution in [0.25, 0.3) is 0 Å². The van der Waals surface area contributed by atoms with Crippen LogP contribution in [0, 0.1) is 0 Å². The Kier molecular flexibility index (Phi) is 11.4. The van der Waals surface area contributed by atoms with Gasteiger partial charge in [0.1, 0.15) is 0 Å². The van der Waals surface area contributed by atoms with Gasteiger partial charge in [-0.3, -0.25) is 4.90 Å². The fourth-order valence-corrected chi connectivity index (χ4v) is 3.34. The van der Waals surface area contributed by atoms with Crippen LogP contribution < -0.4 is 5.32 Å². The molecule has 8 heteroatoms. The summed E-state index contributed by atoms with van der Waals surface area (Å²) in [6.45, 7) is 5.52. The molecule has 0 unspecified atom stereocenters. The van der Waals surface area contributed by atoms with Crippen LogP contribution in [0.4, 0.5) is 13.2 Å². The van der Waals surface area contributed by atoms with Gasteiger partial charge in [0.05, 0.1) is 5.56 Å². The van der Waals surface area contributed by atoms with Gasteiger partial charge in [-0.1, -0.05) is 37.8 Å². The van der Waals surface area contributed by atoms with Crippen molar-refractivity contribution in [3.63, 3.8) is 0 Å². The van der Waals surface area contributed by atoms with E-state index in [1.165, 1.54) is 12.1 Å². The highest BCUT2D eigenvalue weighted by molar-refractivity contribution is 6.31. The molecular weight excluding hydrogens is 396 g/mol. The molecular formula is C17H26Cl3F3N2. The first kappa shape index (κ1) is 24.8. The van der Waals surface area contributed by atoms with Gasteiger partial charge in [0, 0.05) is 37.2 Å². The fourth-order valence-electron chi connectivity index (χ4n) is 3.09. The first-order valence-corrected chi connectivity index (χ1v) is 8.62. The van der Waals surface area contributed by atoms with Gasteiger partial charge in [0.15, 0.2) is 0 Å². The lowest BCUT2D eigenvalue weighted by Crippen LogP contribution is -2.45. The zero-order chi connectivity index (χ0) is 16.9. The second kappa shape index (κ2) is 11.5. The quantitative estimate of drug-likeness (QED) is 0.590. The molecule has 1 atom stereocenters. The van der Waals surface area contributed by atoms with E-state index in [1.54, 1.807) is 0 Å². The van der Waals surface area contributed by atoms with Crippen molar-refractivity contribution < 1.29 is 13.2 Å². The molecule has 1 N–H and O–H groups in total. The van der Waals surface area contributed by atoms with Crippen LogP contribution >= 0.6 is 36.4 Å². The van der Waals surface area contributed by atoms with Gasteiger partial charge < -0.3 is 5.32 Å². The smallest absolute Gasteiger partial charge is 0.314 e. The van der Waals surface area contributed by atoms with E-state index in [4.69, 9.17) is 11.6 Å². The Morgan fingerprint density at radius 1 is 1.16 bits per heavy atom. The van der Waals surface area contributed by atoms with E-state index in [1.807, 2.05) is 0 Å². The van der Waals surface area contributed by atoms with Crippen LogP contribution in [0.15, 0.2) is 18.2 Å². The Labute approximate surface area is 165 Å². The van der Waals surface area contributed by atoms with Crippen molar-refractivity contribution in [3.8, 4) is 0 Å². The minimum absolute atomic E-state index is 0. The number of nitrogens with one attached hydrogen (secondary N) is 1. The largest absolute Gasteiger partial charge is 0.416 e. The standard InChI is InChI=1S/C17H24ClF3N2.2ClH/c1-2-3-4-5-16(23-10-8-22-9-11-23)14-12-13(17(19,20)21)6-7-15(14)18;;/h6-7,12,16,22H,2-5,8-11H2,1H3;2*1H/t16-;;/m1../s1. The van der Waals surface area contributed by atoms with Crippen LogP contribution in [-0.4, -0.2) is 31.1 Å². The van der Waals surface area contributed by atoms with Crippen molar-refractivity contribution in [2.75, 3.05) is 26.2 Å². The van der Waals surface area contributed by atoms with Crippen molar-refractivity contribution in [2.45, 2.75) is 44.8 Å². The maximum atomic E-state index is 13.0. The SMILES string of the molecule is CCCCC[C@H](c1cc(C(F)(F)F)ccc1Cl)N1CCNCC1.Cl.Cl. The number of hydrogen-bond acceptors (Lipinski definition) is 2. The van der Waals surface area contributed by atoms with Crippen LogP contribution in [0.1, 0.15) is 49.8 Å². The Morgan fingerprint density at radius 2 is 1.80 bits per heavy atom. The van der Waals surface area contributed by atoms with Crippen molar-refractivity contribution in [2.24, 2.45) is 0 Å². The molecule has 1 fully saturated rings. The van der Waals surface area contributed by atoms with Crippen molar-refractivity contribution in [1.82, 2.24) is 10.2 Å². The minimum Gasteiger partial charge on any atom is -0.314 e. The van der Waals surface area contributed by atoms with Crippen LogP contribution in [-0.2, 0) is 6.18 Å². The highest BCUT2D eigenvalue weighted by Gasteiger charge is 2.32. The number of unbranched alkanes of at least 4 members (excludes halogenated alkanes) is 2. The lowest BCUT2D eigenvalue weighted by atomic mass is 9.96. The number of rotatable bonds is 6. The van der Waals surface area contributed by atoms with E-state index >= 15 is 0 Å². The average molecular weight is 422 g/mol. The summed E-state index contributed by atoms with van der Waals surface area (Å²) in [5, 5.41) is 3.71. The predicted octanol–water partition coefficient (Wildman–Crippen LogP) is 5.73. The highest BCUT2D eigenvalue weighted by Crippen LogP contribution is 2.37. The summed E-state index contributed by atoms with van der Waals surface area (Å²) >= 11 is 6.26. The molecule has 1 saturated heterocycles. The van der Waals surface area contributed by atoms with Gasteiger partial charge in [-0.05, 0) is 30.2 Å². The first-order valence-electron chi connectivity index (χ1n) is 8.25. The first-order chi connectivity index (χ1) is 10.9. The monoisotopic (exact) mass is 420 g/mol. The van der Waals surface area contributed by atoms with E-state index in [0.717, 1.165) is 57.9 Å². The van der Waals surface area contributed by atoms with Crippen LogP contribution in [0.3, 0.4) is 0 Å².